The number of hydrogen-bond acceptors (Lipinski definition) is 5. The molecule has 0 spiro atoms. The van der Waals surface area contributed by atoms with Crippen LogP contribution in [0.5, 0.6) is 0 Å². The summed E-state index contributed by atoms with van der Waals surface area (Å²) in [6.45, 7) is 0.415. The molecule has 0 aliphatic heterocycles. The number of ether oxygens (including phenoxy) is 2. The predicted octanol–water partition coefficient (Wildman–Crippen LogP) is 1.94. The van der Waals surface area contributed by atoms with Gasteiger partial charge in [0.2, 0.25) is 0 Å². The summed E-state index contributed by atoms with van der Waals surface area (Å²) in [5.74, 6) is -0.311. The Labute approximate surface area is 162 Å². The number of carbonyl (C=O) groups is 3. The molecule has 1 aromatic rings. The first-order valence-electron chi connectivity index (χ1n) is 5.55. The summed E-state index contributed by atoms with van der Waals surface area (Å²) >= 11 is 6.35. The highest BCUT2D eigenvalue weighted by Gasteiger charge is 2.19. The van der Waals surface area contributed by atoms with Crippen LogP contribution in [0, 0.1) is 10.7 Å². The topological polar surface area (TPSA) is 81.7 Å². The lowest BCUT2D eigenvalue weighted by molar-refractivity contribution is -0.132. The molecule has 21 heavy (non-hydrogen) atoms. The lowest BCUT2D eigenvalue weighted by atomic mass is 10.2. The van der Waals surface area contributed by atoms with Gasteiger partial charge in [0.15, 0.2) is 0 Å². The van der Waals surface area contributed by atoms with Crippen LogP contribution >= 0.6 is 67.8 Å². The van der Waals surface area contributed by atoms with E-state index in [-0.39, 0.29) is 32.1 Å². The van der Waals surface area contributed by atoms with E-state index in [4.69, 9.17) is 0 Å². The van der Waals surface area contributed by atoms with Gasteiger partial charge in [0.05, 0.1) is 11.6 Å². The maximum Gasteiger partial charge on any atom is 0.293 e. The zero-order valence-corrected chi connectivity index (χ0v) is 16.9. The van der Waals surface area contributed by atoms with Gasteiger partial charge in [-0.25, -0.2) is 0 Å². The van der Waals surface area contributed by atoms with Crippen LogP contribution in [0.25, 0.3) is 0 Å². The molecule has 9 heteroatoms. The number of amides is 1. The van der Waals surface area contributed by atoms with Gasteiger partial charge in [-0.2, -0.15) is 0 Å². The zero-order valence-electron chi connectivity index (χ0n) is 10.5. The Morgan fingerprint density at radius 2 is 1.57 bits per heavy atom. The van der Waals surface area contributed by atoms with Crippen LogP contribution in [0.1, 0.15) is 10.4 Å². The highest BCUT2D eigenvalue weighted by atomic mass is 127. The fourth-order valence-corrected chi connectivity index (χ4v) is 5.53. The molecule has 114 valence electrons. The van der Waals surface area contributed by atoms with Gasteiger partial charge in [-0.3, -0.25) is 14.4 Å². The lowest BCUT2D eigenvalue weighted by Gasteiger charge is -2.17. The Balaban J connectivity index is 2.85. The molecule has 1 rings (SSSR count). The summed E-state index contributed by atoms with van der Waals surface area (Å²) in [6, 6.07) is 3.17. The molecular weight excluding hydrogens is 619 g/mol. The van der Waals surface area contributed by atoms with Crippen molar-refractivity contribution in [3.63, 3.8) is 0 Å². The van der Waals surface area contributed by atoms with Gasteiger partial charge >= 0.3 is 0 Å². The molecular formula is C12H10I3NO5. The van der Waals surface area contributed by atoms with E-state index < -0.39 is 6.04 Å². The third kappa shape index (κ3) is 6.22. The van der Waals surface area contributed by atoms with E-state index in [2.05, 4.69) is 82.6 Å². The summed E-state index contributed by atoms with van der Waals surface area (Å²) in [5, 5.41) is 2.69. The fraction of sp³-hybridized carbons (Fsp3) is 0.250. The van der Waals surface area contributed by atoms with Crippen molar-refractivity contribution in [1.82, 2.24) is 5.32 Å². The molecule has 0 saturated heterocycles. The van der Waals surface area contributed by atoms with Crippen LogP contribution in [0.2, 0.25) is 0 Å². The number of carbonyl (C=O) groups excluding carboxylic acids is 3. The van der Waals surface area contributed by atoms with Crippen LogP contribution < -0.4 is 5.32 Å². The van der Waals surface area contributed by atoms with Crippen molar-refractivity contribution < 1.29 is 23.9 Å². The minimum atomic E-state index is -0.598. The Bertz CT molecular complexity index is 503. The van der Waals surface area contributed by atoms with E-state index >= 15 is 0 Å². The van der Waals surface area contributed by atoms with Gasteiger partial charge in [0.25, 0.3) is 18.9 Å². The second kappa shape index (κ2) is 9.76. The summed E-state index contributed by atoms with van der Waals surface area (Å²) in [6.07, 6.45) is 0. The first kappa shape index (κ1) is 18.9. The van der Waals surface area contributed by atoms with Crippen molar-refractivity contribution in [2.24, 2.45) is 0 Å². The second-order valence-electron chi connectivity index (χ2n) is 3.77. The summed E-state index contributed by atoms with van der Waals surface area (Å²) in [7, 11) is 0. The van der Waals surface area contributed by atoms with Gasteiger partial charge in [0.1, 0.15) is 13.2 Å². The van der Waals surface area contributed by atoms with Gasteiger partial charge < -0.3 is 14.8 Å². The largest absolute Gasteiger partial charge is 0.466 e. The number of halogens is 3. The second-order valence-corrected chi connectivity index (χ2v) is 7.34. The molecule has 0 atom stereocenters. The van der Waals surface area contributed by atoms with E-state index in [1.54, 1.807) is 0 Å². The molecule has 0 aliphatic rings. The van der Waals surface area contributed by atoms with Crippen molar-refractivity contribution in [1.29, 1.82) is 0 Å². The Morgan fingerprint density at radius 1 is 1.10 bits per heavy atom. The van der Waals surface area contributed by atoms with Crippen molar-refractivity contribution in [2.45, 2.75) is 6.04 Å². The third-order valence-electron chi connectivity index (χ3n) is 2.30. The molecule has 1 amide bonds. The smallest absolute Gasteiger partial charge is 0.293 e. The third-order valence-corrected chi connectivity index (χ3v) is 4.62. The predicted molar refractivity (Wildman–Crippen MR) is 99.9 cm³/mol. The highest BCUT2D eigenvalue weighted by molar-refractivity contribution is 14.1. The van der Waals surface area contributed by atoms with Crippen molar-refractivity contribution >= 4 is 86.6 Å². The molecule has 0 heterocycles. The van der Waals surface area contributed by atoms with E-state index in [1.807, 2.05) is 12.1 Å². The number of rotatable bonds is 8. The first-order chi connectivity index (χ1) is 9.99. The molecule has 0 unspecified atom stereocenters. The number of benzene rings is 1. The molecule has 1 N–H and O–H groups in total. The molecule has 0 saturated carbocycles. The minimum absolute atomic E-state index is 0.0688. The maximum atomic E-state index is 12.3. The van der Waals surface area contributed by atoms with Crippen molar-refractivity contribution in [3.8, 4) is 0 Å². The summed E-state index contributed by atoms with van der Waals surface area (Å²) in [5.41, 5.74) is 0.541. The SMILES string of the molecule is O=COCC(COC=O)NC(=O)c1c(I)cc(I)cc1I. The average molecular weight is 629 g/mol. The average Bonchev–Trinajstić information content (AvgIpc) is 2.40. The van der Waals surface area contributed by atoms with E-state index in [1.165, 1.54) is 0 Å². The summed E-state index contributed by atoms with van der Waals surface area (Å²) < 4.78 is 11.9. The van der Waals surface area contributed by atoms with E-state index in [9.17, 15) is 14.4 Å². The fourth-order valence-electron chi connectivity index (χ4n) is 1.46. The van der Waals surface area contributed by atoms with Crippen LogP contribution in [-0.2, 0) is 19.1 Å². The number of hydrogen-bond donors (Lipinski definition) is 1. The minimum Gasteiger partial charge on any atom is -0.466 e. The molecule has 0 aromatic heterocycles. The van der Waals surface area contributed by atoms with Gasteiger partial charge in [-0.05, 0) is 79.9 Å². The Morgan fingerprint density at radius 3 is 2.00 bits per heavy atom. The van der Waals surface area contributed by atoms with Gasteiger partial charge in [0, 0.05) is 10.7 Å². The standard InChI is InChI=1S/C12H10I3NO5/c13-7-1-9(14)11(10(15)2-7)12(19)16-8(3-20-5-17)4-21-6-18/h1-2,5-6,8H,3-4H2,(H,16,19). The maximum absolute atomic E-state index is 12.3. The van der Waals surface area contributed by atoms with Crippen LogP contribution in [-0.4, -0.2) is 38.1 Å². The first-order valence-corrected chi connectivity index (χ1v) is 8.79. The highest BCUT2D eigenvalue weighted by Crippen LogP contribution is 2.22. The molecule has 0 bridgehead atoms. The van der Waals surface area contributed by atoms with E-state index in [0.717, 1.165) is 10.7 Å². The molecule has 0 fully saturated rings. The quantitative estimate of drug-likeness (QED) is 0.352. The Kier molecular flexibility index (Phi) is 8.77. The van der Waals surface area contributed by atoms with Gasteiger partial charge in [-0.15, -0.1) is 0 Å². The molecule has 0 radical (unpaired) electrons. The molecule has 1 aromatic carbocycles. The number of nitrogens with one attached hydrogen (secondary N) is 1. The van der Waals surface area contributed by atoms with Crippen LogP contribution in [0.15, 0.2) is 12.1 Å². The van der Waals surface area contributed by atoms with Crippen molar-refractivity contribution in [3.05, 3.63) is 28.4 Å². The van der Waals surface area contributed by atoms with Gasteiger partial charge in [-0.1, -0.05) is 0 Å². The summed E-state index contributed by atoms with van der Waals surface area (Å²) in [4.78, 5) is 32.8. The molecule has 6 nitrogen and oxygen atoms in total. The van der Waals surface area contributed by atoms with Crippen molar-refractivity contribution in [2.75, 3.05) is 13.2 Å². The monoisotopic (exact) mass is 629 g/mol. The normalized spacial score (nSPS) is 10.1. The zero-order chi connectivity index (χ0) is 15.8. The Hall–Kier alpha value is -0.180. The lowest BCUT2D eigenvalue weighted by Crippen LogP contribution is -2.42. The van der Waals surface area contributed by atoms with Crippen LogP contribution in [0.3, 0.4) is 0 Å². The van der Waals surface area contributed by atoms with Crippen LogP contribution in [0.4, 0.5) is 0 Å². The molecule has 0 aliphatic carbocycles. The van der Waals surface area contributed by atoms with E-state index in [0.29, 0.717) is 5.56 Å².